The predicted molar refractivity (Wildman–Crippen MR) is 77.6 cm³/mol. The lowest BCUT2D eigenvalue weighted by molar-refractivity contribution is 0.784. The van der Waals surface area contributed by atoms with Gasteiger partial charge in [-0.25, -0.2) is 9.97 Å². The molecule has 0 amide bonds. The van der Waals surface area contributed by atoms with Crippen LogP contribution in [0, 0.1) is 11.8 Å². The van der Waals surface area contributed by atoms with E-state index in [1.807, 2.05) is 30.3 Å². The van der Waals surface area contributed by atoms with Gasteiger partial charge in [0.25, 0.3) is 0 Å². The minimum atomic E-state index is 0.500. The summed E-state index contributed by atoms with van der Waals surface area (Å²) in [6, 6.07) is 11.7. The second-order valence-electron chi connectivity index (χ2n) is 5.22. The molecule has 4 heteroatoms. The molecule has 1 fully saturated rings. The van der Waals surface area contributed by atoms with Crippen LogP contribution < -0.4 is 11.1 Å². The largest absolute Gasteiger partial charge is 0.384 e. The highest BCUT2D eigenvalue weighted by atomic mass is 15.1. The molecule has 0 aliphatic heterocycles. The zero-order valence-corrected chi connectivity index (χ0v) is 11.0. The fraction of sp³-hybridized carbons (Fsp3) is 0.333. The van der Waals surface area contributed by atoms with E-state index in [2.05, 4.69) is 22.2 Å². The van der Waals surface area contributed by atoms with E-state index in [9.17, 15) is 0 Å². The predicted octanol–water partition coefficient (Wildman–Crippen LogP) is 2.79. The smallest absolute Gasteiger partial charge is 0.163 e. The molecule has 2 aromatic rings. The molecular weight excluding hydrogens is 236 g/mol. The Bertz CT molecular complexity index is 568. The Labute approximate surface area is 113 Å². The molecule has 1 aliphatic carbocycles. The number of aromatic nitrogens is 2. The summed E-state index contributed by atoms with van der Waals surface area (Å²) in [7, 11) is 0. The summed E-state index contributed by atoms with van der Waals surface area (Å²) in [6.07, 6.45) is 1.30. The van der Waals surface area contributed by atoms with Crippen LogP contribution in [0.25, 0.3) is 11.4 Å². The third kappa shape index (κ3) is 2.84. The van der Waals surface area contributed by atoms with Gasteiger partial charge in [0.15, 0.2) is 5.82 Å². The maximum absolute atomic E-state index is 5.85. The molecule has 2 unspecified atom stereocenters. The van der Waals surface area contributed by atoms with E-state index in [1.165, 1.54) is 6.42 Å². The fourth-order valence-electron chi connectivity index (χ4n) is 2.19. The van der Waals surface area contributed by atoms with Crippen molar-refractivity contribution in [1.29, 1.82) is 0 Å². The zero-order chi connectivity index (χ0) is 13.2. The first-order valence-corrected chi connectivity index (χ1v) is 6.66. The van der Waals surface area contributed by atoms with E-state index in [-0.39, 0.29) is 0 Å². The average Bonchev–Trinajstić information content (AvgIpc) is 3.13. The van der Waals surface area contributed by atoms with Crippen LogP contribution in [0.15, 0.2) is 36.4 Å². The number of nitrogens with two attached hydrogens (primary N) is 1. The standard InChI is InChI=1S/C15H18N4/c1-10-7-12(10)9-17-14-8-13(16)18-15(19-14)11-5-3-2-4-6-11/h2-6,8,10,12H,7,9H2,1H3,(H3,16,17,18,19). The van der Waals surface area contributed by atoms with Crippen LogP contribution in [-0.2, 0) is 0 Å². The Morgan fingerprint density at radius 2 is 2.00 bits per heavy atom. The topological polar surface area (TPSA) is 63.8 Å². The molecule has 1 aromatic heterocycles. The van der Waals surface area contributed by atoms with Gasteiger partial charge >= 0.3 is 0 Å². The molecule has 3 rings (SSSR count). The second kappa shape index (κ2) is 4.88. The maximum Gasteiger partial charge on any atom is 0.163 e. The van der Waals surface area contributed by atoms with Crippen molar-refractivity contribution >= 4 is 11.6 Å². The van der Waals surface area contributed by atoms with Gasteiger partial charge in [-0.2, -0.15) is 0 Å². The third-order valence-electron chi connectivity index (χ3n) is 3.60. The molecule has 2 atom stereocenters. The first kappa shape index (κ1) is 12.0. The lowest BCUT2D eigenvalue weighted by atomic mass is 10.2. The maximum atomic E-state index is 5.85. The number of hydrogen-bond acceptors (Lipinski definition) is 4. The van der Waals surface area contributed by atoms with Crippen LogP contribution in [0.5, 0.6) is 0 Å². The van der Waals surface area contributed by atoms with Crippen molar-refractivity contribution in [2.24, 2.45) is 11.8 Å². The van der Waals surface area contributed by atoms with Gasteiger partial charge in [-0.1, -0.05) is 37.3 Å². The fourth-order valence-corrected chi connectivity index (χ4v) is 2.19. The van der Waals surface area contributed by atoms with Crippen LogP contribution >= 0.6 is 0 Å². The van der Waals surface area contributed by atoms with Crippen molar-refractivity contribution in [3.05, 3.63) is 36.4 Å². The van der Waals surface area contributed by atoms with E-state index in [1.54, 1.807) is 6.07 Å². The molecule has 19 heavy (non-hydrogen) atoms. The molecule has 3 N–H and O–H groups in total. The first-order valence-electron chi connectivity index (χ1n) is 6.66. The summed E-state index contributed by atoms with van der Waals surface area (Å²) < 4.78 is 0. The average molecular weight is 254 g/mol. The molecule has 1 saturated carbocycles. The van der Waals surface area contributed by atoms with Crippen LogP contribution in [0.4, 0.5) is 11.6 Å². The number of nitrogens with one attached hydrogen (secondary N) is 1. The molecule has 0 spiro atoms. The molecule has 0 radical (unpaired) electrons. The van der Waals surface area contributed by atoms with E-state index in [4.69, 9.17) is 5.73 Å². The highest BCUT2D eigenvalue weighted by Crippen LogP contribution is 2.37. The van der Waals surface area contributed by atoms with E-state index in [0.717, 1.165) is 29.8 Å². The quantitative estimate of drug-likeness (QED) is 0.880. The Kier molecular flexibility index (Phi) is 3.07. The highest BCUT2D eigenvalue weighted by molar-refractivity contribution is 5.60. The van der Waals surface area contributed by atoms with Crippen molar-refractivity contribution in [3.63, 3.8) is 0 Å². The molecule has 4 nitrogen and oxygen atoms in total. The highest BCUT2D eigenvalue weighted by Gasteiger charge is 2.31. The van der Waals surface area contributed by atoms with Gasteiger partial charge in [-0.05, 0) is 18.3 Å². The van der Waals surface area contributed by atoms with Gasteiger partial charge in [-0.3, -0.25) is 0 Å². The first-order chi connectivity index (χ1) is 9.22. The minimum absolute atomic E-state index is 0.500. The summed E-state index contributed by atoms with van der Waals surface area (Å²) in [4.78, 5) is 8.81. The number of nitrogen functional groups attached to an aromatic ring is 1. The van der Waals surface area contributed by atoms with Crippen molar-refractivity contribution in [2.45, 2.75) is 13.3 Å². The summed E-state index contributed by atoms with van der Waals surface area (Å²) in [5, 5.41) is 3.36. The van der Waals surface area contributed by atoms with E-state index < -0.39 is 0 Å². The molecular formula is C15H18N4. The number of benzene rings is 1. The molecule has 0 saturated heterocycles. The van der Waals surface area contributed by atoms with Crippen LogP contribution in [0.1, 0.15) is 13.3 Å². The number of anilines is 2. The van der Waals surface area contributed by atoms with Crippen LogP contribution in [0.2, 0.25) is 0 Å². The van der Waals surface area contributed by atoms with E-state index in [0.29, 0.717) is 11.6 Å². The van der Waals surface area contributed by atoms with Crippen molar-refractivity contribution < 1.29 is 0 Å². The molecule has 0 bridgehead atoms. The minimum Gasteiger partial charge on any atom is -0.384 e. The summed E-state index contributed by atoms with van der Waals surface area (Å²) in [6.45, 7) is 3.24. The van der Waals surface area contributed by atoms with E-state index >= 15 is 0 Å². The lowest BCUT2D eigenvalue weighted by Gasteiger charge is -2.08. The number of hydrogen-bond donors (Lipinski definition) is 2. The Balaban J connectivity index is 1.79. The lowest BCUT2D eigenvalue weighted by Crippen LogP contribution is -2.08. The SMILES string of the molecule is CC1CC1CNc1cc(N)nc(-c2ccccc2)n1. The number of nitrogens with zero attached hydrogens (tertiary/aromatic N) is 2. The van der Waals surface area contributed by atoms with Gasteiger partial charge in [0.1, 0.15) is 11.6 Å². The summed E-state index contributed by atoms with van der Waals surface area (Å²) >= 11 is 0. The second-order valence-corrected chi connectivity index (χ2v) is 5.22. The number of rotatable bonds is 4. The molecule has 1 heterocycles. The molecule has 1 aliphatic rings. The van der Waals surface area contributed by atoms with Gasteiger partial charge < -0.3 is 11.1 Å². The van der Waals surface area contributed by atoms with Gasteiger partial charge in [0, 0.05) is 18.2 Å². The van der Waals surface area contributed by atoms with Crippen molar-refractivity contribution in [2.75, 3.05) is 17.6 Å². The summed E-state index contributed by atoms with van der Waals surface area (Å²) in [5.74, 6) is 3.59. The zero-order valence-electron chi connectivity index (χ0n) is 11.0. The Hall–Kier alpha value is -2.10. The van der Waals surface area contributed by atoms with Gasteiger partial charge in [0.05, 0.1) is 0 Å². The monoisotopic (exact) mass is 254 g/mol. The van der Waals surface area contributed by atoms with Gasteiger partial charge in [0.2, 0.25) is 0 Å². The molecule has 98 valence electrons. The third-order valence-corrected chi connectivity index (χ3v) is 3.60. The van der Waals surface area contributed by atoms with Crippen molar-refractivity contribution in [1.82, 2.24) is 9.97 Å². The molecule has 1 aromatic carbocycles. The van der Waals surface area contributed by atoms with Crippen LogP contribution in [-0.4, -0.2) is 16.5 Å². The Morgan fingerprint density at radius 1 is 1.26 bits per heavy atom. The summed E-state index contributed by atoms with van der Waals surface area (Å²) in [5.41, 5.74) is 6.84. The Morgan fingerprint density at radius 3 is 2.68 bits per heavy atom. The van der Waals surface area contributed by atoms with Crippen LogP contribution in [0.3, 0.4) is 0 Å². The van der Waals surface area contributed by atoms with Gasteiger partial charge in [-0.15, -0.1) is 0 Å². The normalized spacial score (nSPS) is 21.1. The van der Waals surface area contributed by atoms with Crippen molar-refractivity contribution in [3.8, 4) is 11.4 Å².